The van der Waals surface area contributed by atoms with Crippen LogP contribution in [0.2, 0.25) is 0 Å². The topological polar surface area (TPSA) is 63.7 Å². The van der Waals surface area contributed by atoms with Crippen molar-refractivity contribution in [3.63, 3.8) is 0 Å². The van der Waals surface area contributed by atoms with Crippen LogP contribution in [0.5, 0.6) is 11.5 Å². The zero-order valence-corrected chi connectivity index (χ0v) is 17.4. The highest BCUT2D eigenvalue weighted by Crippen LogP contribution is 2.38. The number of urea groups is 1. The molecule has 0 radical (unpaired) electrons. The second kappa shape index (κ2) is 8.36. The second-order valence-corrected chi connectivity index (χ2v) is 8.35. The number of rotatable bonds is 4. The number of likely N-dealkylation sites (tertiary alicyclic amines) is 1. The van der Waals surface area contributed by atoms with Crippen molar-refractivity contribution in [2.24, 2.45) is 0 Å². The molecule has 0 saturated carbocycles. The smallest absolute Gasteiger partial charge is 0.318 e. The summed E-state index contributed by atoms with van der Waals surface area (Å²) in [6.45, 7) is 2.32. The molecule has 0 spiro atoms. The van der Waals surface area contributed by atoms with Gasteiger partial charge in [0.25, 0.3) is 0 Å². The standard InChI is InChI=1S/C23H23N3O3S/c27-23(24-14-22-25-18(15-30-22)16-5-2-1-3-6-16)26-10-4-7-19(26)17-8-9-20-21(13-17)29-12-11-28-20/h1-3,5-6,8-9,13,15,19H,4,7,10-12,14H2,(H,24,27). The minimum absolute atomic E-state index is 0.0520. The summed E-state index contributed by atoms with van der Waals surface area (Å²) in [5.41, 5.74) is 3.12. The van der Waals surface area contributed by atoms with Crippen LogP contribution in [0, 0.1) is 0 Å². The fourth-order valence-corrected chi connectivity index (χ4v) is 4.75. The average molecular weight is 422 g/mol. The van der Waals surface area contributed by atoms with Gasteiger partial charge in [-0.25, -0.2) is 9.78 Å². The predicted molar refractivity (Wildman–Crippen MR) is 116 cm³/mol. The number of thiazole rings is 1. The summed E-state index contributed by atoms with van der Waals surface area (Å²) in [6, 6.07) is 16.1. The molecule has 2 aromatic carbocycles. The van der Waals surface area contributed by atoms with Gasteiger partial charge in [-0.3, -0.25) is 0 Å². The molecule has 3 heterocycles. The van der Waals surface area contributed by atoms with Crippen LogP contribution in [-0.2, 0) is 6.54 Å². The number of benzene rings is 2. The van der Waals surface area contributed by atoms with Crippen molar-refractivity contribution in [3.05, 3.63) is 64.5 Å². The Hall–Kier alpha value is -3.06. The number of carbonyl (C=O) groups excluding carboxylic acids is 1. The number of aromatic nitrogens is 1. The molecule has 1 fully saturated rings. The predicted octanol–water partition coefficient (Wildman–Crippen LogP) is 4.63. The minimum atomic E-state index is -0.0520. The summed E-state index contributed by atoms with van der Waals surface area (Å²) >= 11 is 1.57. The average Bonchev–Trinajstić information content (AvgIpc) is 3.48. The maximum atomic E-state index is 12.9. The van der Waals surface area contributed by atoms with Crippen LogP contribution in [0.3, 0.4) is 0 Å². The van der Waals surface area contributed by atoms with E-state index in [1.807, 2.05) is 58.8 Å². The molecular formula is C23H23N3O3S. The highest BCUT2D eigenvalue weighted by Gasteiger charge is 2.31. The molecule has 0 aliphatic carbocycles. The minimum Gasteiger partial charge on any atom is -0.486 e. The Morgan fingerprint density at radius 3 is 2.83 bits per heavy atom. The number of amides is 2. The van der Waals surface area contributed by atoms with E-state index in [1.54, 1.807) is 11.3 Å². The number of carbonyl (C=O) groups is 1. The Labute approximate surface area is 179 Å². The van der Waals surface area contributed by atoms with Crippen molar-refractivity contribution in [2.75, 3.05) is 19.8 Å². The van der Waals surface area contributed by atoms with Crippen LogP contribution < -0.4 is 14.8 Å². The highest BCUT2D eigenvalue weighted by molar-refractivity contribution is 7.09. The van der Waals surface area contributed by atoms with Gasteiger partial charge in [-0.1, -0.05) is 36.4 Å². The summed E-state index contributed by atoms with van der Waals surface area (Å²) in [7, 11) is 0. The Bertz CT molecular complexity index is 1040. The first-order chi connectivity index (χ1) is 14.8. The number of nitrogens with zero attached hydrogens (tertiary/aromatic N) is 2. The van der Waals surface area contributed by atoms with Crippen LogP contribution in [0.1, 0.15) is 29.5 Å². The third kappa shape index (κ3) is 3.85. The van der Waals surface area contributed by atoms with Gasteiger partial charge in [0, 0.05) is 17.5 Å². The number of hydrogen-bond donors (Lipinski definition) is 1. The maximum absolute atomic E-state index is 12.9. The third-order valence-corrected chi connectivity index (χ3v) is 6.33. The van der Waals surface area contributed by atoms with E-state index < -0.39 is 0 Å². The van der Waals surface area contributed by atoms with E-state index in [9.17, 15) is 4.79 Å². The van der Waals surface area contributed by atoms with Gasteiger partial charge < -0.3 is 19.7 Å². The van der Waals surface area contributed by atoms with Crippen LogP contribution in [0.15, 0.2) is 53.9 Å². The largest absolute Gasteiger partial charge is 0.486 e. The van der Waals surface area contributed by atoms with E-state index in [4.69, 9.17) is 9.47 Å². The summed E-state index contributed by atoms with van der Waals surface area (Å²) < 4.78 is 11.3. The van der Waals surface area contributed by atoms with Gasteiger partial charge >= 0.3 is 6.03 Å². The van der Waals surface area contributed by atoms with Gasteiger partial charge in [-0.15, -0.1) is 11.3 Å². The molecule has 6 nitrogen and oxygen atoms in total. The third-order valence-electron chi connectivity index (χ3n) is 5.48. The van der Waals surface area contributed by atoms with Gasteiger partial charge in [0.1, 0.15) is 18.2 Å². The number of ether oxygens (including phenoxy) is 2. The summed E-state index contributed by atoms with van der Waals surface area (Å²) in [6.07, 6.45) is 1.93. The lowest BCUT2D eigenvalue weighted by atomic mass is 10.0. The Kier molecular flexibility index (Phi) is 5.27. The lowest BCUT2D eigenvalue weighted by Gasteiger charge is -2.26. The molecule has 0 bridgehead atoms. The zero-order chi connectivity index (χ0) is 20.3. The molecule has 1 unspecified atom stereocenters. The SMILES string of the molecule is O=C(NCc1nc(-c2ccccc2)cs1)N1CCCC1c1ccc2c(c1)OCCO2. The molecule has 154 valence electrons. The van der Waals surface area contributed by atoms with E-state index >= 15 is 0 Å². The quantitative estimate of drug-likeness (QED) is 0.667. The van der Waals surface area contributed by atoms with E-state index in [1.165, 1.54) is 0 Å². The van der Waals surface area contributed by atoms with Gasteiger partial charge in [-0.2, -0.15) is 0 Å². The molecule has 7 heteroatoms. The fourth-order valence-electron chi connectivity index (χ4n) is 4.01. The molecule has 30 heavy (non-hydrogen) atoms. The summed E-state index contributed by atoms with van der Waals surface area (Å²) in [4.78, 5) is 19.5. The van der Waals surface area contributed by atoms with Gasteiger partial charge in [0.15, 0.2) is 11.5 Å². The van der Waals surface area contributed by atoms with Gasteiger partial charge in [0.2, 0.25) is 0 Å². The van der Waals surface area contributed by atoms with Crippen molar-refractivity contribution >= 4 is 17.4 Å². The number of hydrogen-bond acceptors (Lipinski definition) is 5. The lowest BCUT2D eigenvalue weighted by Crippen LogP contribution is -2.39. The van der Waals surface area contributed by atoms with Crippen LogP contribution in [-0.4, -0.2) is 35.7 Å². The molecule has 1 aromatic heterocycles. The highest BCUT2D eigenvalue weighted by atomic mass is 32.1. The molecule has 1 saturated heterocycles. The van der Waals surface area contributed by atoms with E-state index in [0.29, 0.717) is 19.8 Å². The first-order valence-corrected chi connectivity index (χ1v) is 11.1. The first-order valence-electron chi connectivity index (χ1n) is 10.2. The first kappa shape index (κ1) is 18.9. The van der Waals surface area contributed by atoms with Crippen molar-refractivity contribution in [1.29, 1.82) is 0 Å². The van der Waals surface area contributed by atoms with Gasteiger partial charge in [0.05, 0.1) is 18.3 Å². The molecule has 2 aliphatic heterocycles. The van der Waals surface area contributed by atoms with Crippen LogP contribution >= 0.6 is 11.3 Å². The zero-order valence-electron chi connectivity index (χ0n) is 16.5. The van der Waals surface area contributed by atoms with Crippen molar-refractivity contribution in [3.8, 4) is 22.8 Å². The summed E-state index contributed by atoms with van der Waals surface area (Å²) in [5.74, 6) is 1.54. The Morgan fingerprint density at radius 2 is 1.97 bits per heavy atom. The molecule has 1 atom stereocenters. The second-order valence-electron chi connectivity index (χ2n) is 7.41. The number of fused-ring (bicyclic) bond motifs is 1. The fraction of sp³-hybridized carbons (Fsp3) is 0.304. The monoisotopic (exact) mass is 421 g/mol. The Morgan fingerprint density at radius 1 is 1.13 bits per heavy atom. The van der Waals surface area contributed by atoms with E-state index in [-0.39, 0.29) is 12.1 Å². The molecule has 1 N–H and O–H groups in total. The molecule has 2 amide bonds. The normalized spacial score (nSPS) is 17.7. The maximum Gasteiger partial charge on any atom is 0.318 e. The number of nitrogens with one attached hydrogen (secondary N) is 1. The summed E-state index contributed by atoms with van der Waals surface area (Å²) in [5, 5.41) is 5.98. The van der Waals surface area contributed by atoms with Crippen LogP contribution in [0.4, 0.5) is 4.79 Å². The Balaban J connectivity index is 1.24. The van der Waals surface area contributed by atoms with E-state index in [2.05, 4.69) is 10.3 Å². The van der Waals surface area contributed by atoms with Gasteiger partial charge in [-0.05, 0) is 30.5 Å². The lowest BCUT2D eigenvalue weighted by molar-refractivity contribution is 0.170. The van der Waals surface area contributed by atoms with E-state index in [0.717, 1.165) is 52.7 Å². The van der Waals surface area contributed by atoms with Crippen molar-refractivity contribution in [2.45, 2.75) is 25.4 Å². The molecule has 3 aromatic rings. The van der Waals surface area contributed by atoms with Crippen LogP contribution in [0.25, 0.3) is 11.3 Å². The molecular weight excluding hydrogens is 398 g/mol. The van der Waals surface area contributed by atoms with Crippen molar-refractivity contribution in [1.82, 2.24) is 15.2 Å². The molecule has 5 rings (SSSR count). The molecule has 2 aliphatic rings. The van der Waals surface area contributed by atoms with Crippen molar-refractivity contribution < 1.29 is 14.3 Å².